The maximum Gasteiger partial charge on any atom is 0.185 e. The van der Waals surface area contributed by atoms with Crippen molar-refractivity contribution >= 4 is 33.8 Å². The number of pyridine rings is 2. The number of aryl methyl sites for hydroxylation is 2. The molecule has 0 aliphatic rings. The van der Waals surface area contributed by atoms with Gasteiger partial charge in [-0.2, -0.15) is 0 Å². The Kier molecular flexibility index (Phi) is 8.85. The molecule has 0 aromatic carbocycles. The van der Waals surface area contributed by atoms with Crippen molar-refractivity contribution in [2.24, 2.45) is 0 Å². The second-order valence-electron chi connectivity index (χ2n) is 6.04. The van der Waals surface area contributed by atoms with Gasteiger partial charge in [-0.3, -0.25) is 9.59 Å². The summed E-state index contributed by atoms with van der Waals surface area (Å²) in [6, 6.07) is 8.51. The van der Waals surface area contributed by atoms with Crippen molar-refractivity contribution in [3.63, 3.8) is 0 Å². The second-order valence-corrected chi connectivity index (χ2v) is 8.58. The van der Waals surface area contributed by atoms with Gasteiger partial charge in [-0.25, -0.2) is 9.13 Å². The highest BCUT2D eigenvalue weighted by molar-refractivity contribution is 8.13. The van der Waals surface area contributed by atoms with Gasteiger partial charge in [-0.1, -0.05) is 23.5 Å². The molecule has 0 aliphatic heterocycles. The Balaban J connectivity index is 1.82. The van der Waals surface area contributed by atoms with Crippen LogP contribution in [0.15, 0.2) is 49.1 Å². The number of rotatable bonds is 9. The number of carbonyl (C=O) groups is 2. The SMILES string of the molecule is CC(=O)SCCC[n+]1ccc(-c2cc[n+](CCCSC(C)=O)cc2)cc1. The summed E-state index contributed by atoms with van der Waals surface area (Å²) in [5, 5.41) is 0.369. The van der Waals surface area contributed by atoms with E-state index in [1.54, 1.807) is 13.8 Å². The molecular weight excluding hydrogens is 364 g/mol. The Morgan fingerprint density at radius 1 is 0.731 bits per heavy atom. The van der Waals surface area contributed by atoms with Gasteiger partial charge >= 0.3 is 0 Å². The van der Waals surface area contributed by atoms with Crippen LogP contribution >= 0.6 is 23.5 Å². The van der Waals surface area contributed by atoms with E-state index in [1.165, 1.54) is 34.7 Å². The lowest BCUT2D eigenvalue weighted by molar-refractivity contribution is -0.697. The van der Waals surface area contributed by atoms with Crippen LogP contribution in [0.2, 0.25) is 0 Å². The largest absolute Gasteiger partial charge is 0.288 e. The van der Waals surface area contributed by atoms with E-state index in [1.807, 2.05) is 0 Å². The van der Waals surface area contributed by atoms with Crippen LogP contribution in [0.25, 0.3) is 11.1 Å². The van der Waals surface area contributed by atoms with Crippen LogP contribution in [0.1, 0.15) is 26.7 Å². The van der Waals surface area contributed by atoms with E-state index >= 15 is 0 Å². The first-order valence-electron chi connectivity index (χ1n) is 8.80. The summed E-state index contributed by atoms with van der Waals surface area (Å²) >= 11 is 2.78. The number of hydrogen-bond acceptors (Lipinski definition) is 4. The standard InChI is InChI=1S/C20H26N2O2S2/c1-17(23)25-15-3-9-21-11-5-19(6-12-21)20-7-13-22(14-8-20)10-4-16-26-18(2)24/h5-8,11-14H,3-4,9-10,15-16H2,1-2H3/q+2. The molecule has 4 nitrogen and oxygen atoms in total. The van der Waals surface area contributed by atoms with Gasteiger partial charge in [0, 0.05) is 62.5 Å². The number of carbonyl (C=O) groups excluding carboxylic acids is 2. The van der Waals surface area contributed by atoms with Gasteiger partial charge in [0.15, 0.2) is 35.0 Å². The summed E-state index contributed by atoms with van der Waals surface area (Å²) in [5.41, 5.74) is 2.39. The van der Waals surface area contributed by atoms with E-state index in [0.717, 1.165) is 37.4 Å². The highest BCUT2D eigenvalue weighted by Gasteiger charge is 2.06. The summed E-state index contributed by atoms with van der Waals surface area (Å²) in [6.07, 6.45) is 10.3. The Hall–Kier alpha value is -1.66. The van der Waals surface area contributed by atoms with Crippen LogP contribution < -0.4 is 9.13 Å². The molecule has 0 radical (unpaired) electrons. The lowest BCUT2D eigenvalue weighted by atomic mass is 10.1. The normalized spacial score (nSPS) is 10.7. The van der Waals surface area contributed by atoms with Gasteiger partial charge in [-0.05, 0) is 11.1 Å². The van der Waals surface area contributed by atoms with Gasteiger partial charge in [0.25, 0.3) is 0 Å². The van der Waals surface area contributed by atoms with Gasteiger partial charge in [0.05, 0.1) is 0 Å². The van der Waals surface area contributed by atoms with Crippen molar-refractivity contribution in [3.05, 3.63) is 49.1 Å². The third kappa shape index (κ3) is 7.70. The minimum Gasteiger partial charge on any atom is -0.288 e. The number of nitrogens with zero attached hydrogens (tertiary/aromatic N) is 2. The maximum atomic E-state index is 10.9. The molecule has 2 aromatic heterocycles. The smallest absolute Gasteiger partial charge is 0.185 e. The first-order chi connectivity index (χ1) is 12.5. The minimum atomic E-state index is 0.185. The molecule has 6 heteroatoms. The highest BCUT2D eigenvalue weighted by atomic mass is 32.2. The maximum absolute atomic E-state index is 10.9. The van der Waals surface area contributed by atoms with Gasteiger partial charge in [0.2, 0.25) is 0 Å². The molecule has 0 N–H and O–H groups in total. The Morgan fingerprint density at radius 2 is 1.08 bits per heavy atom. The fraction of sp³-hybridized carbons (Fsp3) is 0.400. The van der Waals surface area contributed by atoms with Crippen molar-refractivity contribution in [1.82, 2.24) is 0 Å². The van der Waals surface area contributed by atoms with E-state index in [-0.39, 0.29) is 10.2 Å². The topological polar surface area (TPSA) is 41.9 Å². The molecule has 0 bridgehead atoms. The lowest BCUT2D eigenvalue weighted by Crippen LogP contribution is -2.33. The van der Waals surface area contributed by atoms with Crippen LogP contribution in [0.5, 0.6) is 0 Å². The van der Waals surface area contributed by atoms with Crippen LogP contribution in [-0.4, -0.2) is 21.7 Å². The van der Waals surface area contributed by atoms with Gasteiger partial charge < -0.3 is 0 Å². The molecule has 26 heavy (non-hydrogen) atoms. The van der Waals surface area contributed by atoms with E-state index in [2.05, 4.69) is 58.2 Å². The Morgan fingerprint density at radius 3 is 1.38 bits per heavy atom. The number of thioether (sulfide) groups is 2. The summed E-state index contributed by atoms with van der Waals surface area (Å²) < 4.78 is 4.31. The zero-order valence-electron chi connectivity index (χ0n) is 15.4. The van der Waals surface area contributed by atoms with Crippen molar-refractivity contribution < 1.29 is 18.7 Å². The van der Waals surface area contributed by atoms with Crippen molar-refractivity contribution in [1.29, 1.82) is 0 Å². The van der Waals surface area contributed by atoms with Crippen LogP contribution in [0.3, 0.4) is 0 Å². The molecule has 0 aliphatic carbocycles. The van der Waals surface area contributed by atoms with Crippen LogP contribution in [0.4, 0.5) is 0 Å². The zero-order valence-corrected chi connectivity index (χ0v) is 17.0. The molecule has 2 heterocycles. The molecule has 0 saturated heterocycles. The molecule has 0 fully saturated rings. The Labute approximate surface area is 164 Å². The van der Waals surface area contributed by atoms with Gasteiger partial charge in [-0.15, -0.1) is 0 Å². The monoisotopic (exact) mass is 390 g/mol. The molecular formula is C20H26N2O2S2+2. The summed E-state index contributed by atoms with van der Waals surface area (Å²) in [4.78, 5) is 21.8. The molecule has 138 valence electrons. The first kappa shape index (κ1) is 20.6. The molecule has 0 atom stereocenters. The third-order valence-electron chi connectivity index (χ3n) is 3.85. The van der Waals surface area contributed by atoms with Crippen molar-refractivity contribution in [2.75, 3.05) is 11.5 Å². The average molecular weight is 391 g/mol. The van der Waals surface area contributed by atoms with Gasteiger partial charge in [0.1, 0.15) is 13.1 Å². The first-order valence-corrected chi connectivity index (χ1v) is 10.8. The average Bonchev–Trinajstić information content (AvgIpc) is 2.63. The highest BCUT2D eigenvalue weighted by Crippen LogP contribution is 2.15. The van der Waals surface area contributed by atoms with Crippen molar-refractivity contribution in [2.45, 2.75) is 39.8 Å². The molecule has 0 saturated carbocycles. The molecule has 2 rings (SSSR count). The quantitative estimate of drug-likeness (QED) is 0.487. The summed E-state index contributed by atoms with van der Waals surface area (Å²) in [7, 11) is 0. The van der Waals surface area contributed by atoms with E-state index in [9.17, 15) is 9.59 Å². The Bertz CT molecular complexity index is 652. The van der Waals surface area contributed by atoms with E-state index < -0.39 is 0 Å². The lowest BCUT2D eigenvalue weighted by Gasteiger charge is -2.02. The summed E-state index contributed by atoms with van der Waals surface area (Å²) in [6.45, 7) is 5.07. The third-order valence-corrected chi connectivity index (χ3v) is 5.65. The van der Waals surface area contributed by atoms with Crippen molar-refractivity contribution in [3.8, 4) is 11.1 Å². The molecule has 2 aromatic rings. The molecule has 0 spiro atoms. The van der Waals surface area contributed by atoms with E-state index in [4.69, 9.17) is 0 Å². The fourth-order valence-corrected chi connectivity index (χ4v) is 3.65. The zero-order chi connectivity index (χ0) is 18.8. The van der Waals surface area contributed by atoms with Crippen LogP contribution in [-0.2, 0) is 22.7 Å². The van der Waals surface area contributed by atoms with Crippen LogP contribution in [0, 0.1) is 0 Å². The number of hydrogen-bond donors (Lipinski definition) is 0. The predicted molar refractivity (Wildman–Crippen MR) is 108 cm³/mol. The predicted octanol–water partition coefficient (Wildman–Crippen LogP) is 3.27. The minimum absolute atomic E-state index is 0.185. The molecule has 0 amide bonds. The summed E-state index contributed by atoms with van der Waals surface area (Å²) in [5.74, 6) is 1.74. The second kappa shape index (κ2) is 11.1. The number of aromatic nitrogens is 2. The fourth-order valence-electron chi connectivity index (χ4n) is 2.52. The van der Waals surface area contributed by atoms with E-state index in [0.29, 0.717) is 0 Å². The molecule has 0 unspecified atom stereocenters.